The summed E-state index contributed by atoms with van der Waals surface area (Å²) < 4.78 is 0. The Labute approximate surface area is 173 Å². The number of carbonyl (C=O) groups excluding carboxylic acids is 1. The molecule has 142 valence electrons. The largest absolute Gasteiger partial charge is 0.325 e. The van der Waals surface area contributed by atoms with Crippen LogP contribution in [0.3, 0.4) is 0 Å². The highest BCUT2D eigenvalue weighted by Crippen LogP contribution is 2.67. The molecule has 0 saturated heterocycles. The fraction of sp³-hybridized carbons (Fsp3) is 0.318. The highest BCUT2D eigenvalue weighted by Gasteiger charge is 2.67. The van der Waals surface area contributed by atoms with Crippen LogP contribution in [0.5, 0.6) is 0 Å². The Balaban J connectivity index is 1.65. The first kappa shape index (κ1) is 17.9. The Kier molecular flexibility index (Phi) is 3.78. The third-order valence-corrected chi connectivity index (χ3v) is 7.06. The van der Waals surface area contributed by atoms with Crippen LogP contribution in [-0.4, -0.2) is 15.9 Å². The number of carbonyl (C=O) groups is 1. The van der Waals surface area contributed by atoms with Gasteiger partial charge in [-0.3, -0.25) is 4.79 Å². The van der Waals surface area contributed by atoms with Gasteiger partial charge in [-0.05, 0) is 48.6 Å². The average Bonchev–Trinajstić information content (AvgIpc) is 3.01. The van der Waals surface area contributed by atoms with Gasteiger partial charge in [0.05, 0.1) is 27.8 Å². The second-order valence-corrected chi connectivity index (χ2v) is 9.15. The van der Waals surface area contributed by atoms with Crippen LogP contribution in [-0.2, 0) is 10.2 Å². The van der Waals surface area contributed by atoms with Gasteiger partial charge in [-0.25, -0.2) is 9.97 Å². The summed E-state index contributed by atoms with van der Waals surface area (Å²) in [6.07, 6.45) is 1.68. The second kappa shape index (κ2) is 5.91. The van der Waals surface area contributed by atoms with Crippen molar-refractivity contribution in [3.63, 3.8) is 0 Å². The third-order valence-electron chi connectivity index (χ3n) is 6.62. The van der Waals surface area contributed by atoms with Crippen molar-refractivity contribution >= 4 is 45.8 Å². The van der Waals surface area contributed by atoms with Crippen LogP contribution >= 0.6 is 23.2 Å². The summed E-state index contributed by atoms with van der Waals surface area (Å²) in [6, 6.07) is 12.9. The fourth-order valence-corrected chi connectivity index (χ4v) is 5.72. The molecule has 2 aliphatic carbocycles. The molecule has 3 aromatic rings. The number of halogens is 2. The van der Waals surface area contributed by atoms with Crippen LogP contribution in [0.1, 0.15) is 44.0 Å². The molecule has 1 fully saturated rings. The van der Waals surface area contributed by atoms with Crippen LogP contribution in [0.4, 0.5) is 5.69 Å². The first-order valence-corrected chi connectivity index (χ1v) is 10.1. The van der Waals surface area contributed by atoms with Crippen molar-refractivity contribution in [2.45, 2.75) is 38.0 Å². The molecule has 2 bridgehead atoms. The van der Waals surface area contributed by atoms with E-state index in [1.54, 1.807) is 18.2 Å². The molecule has 1 N–H and O–H groups in total. The maximum atomic E-state index is 13.7. The van der Waals surface area contributed by atoms with E-state index in [1.807, 2.05) is 24.3 Å². The molecule has 2 atom stereocenters. The van der Waals surface area contributed by atoms with Gasteiger partial charge in [-0.15, -0.1) is 0 Å². The lowest BCUT2D eigenvalue weighted by Gasteiger charge is -2.36. The lowest BCUT2D eigenvalue weighted by molar-refractivity contribution is -0.124. The topological polar surface area (TPSA) is 54.9 Å². The summed E-state index contributed by atoms with van der Waals surface area (Å²) in [4.78, 5) is 23.5. The van der Waals surface area contributed by atoms with Gasteiger partial charge < -0.3 is 5.32 Å². The van der Waals surface area contributed by atoms with Gasteiger partial charge in [0.15, 0.2) is 0 Å². The van der Waals surface area contributed by atoms with Crippen molar-refractivity contribution in [2.24, 2.45) is 5.41 Å². The zero-order valence-corrected chi connectivity index (χ0v) is 17.1. The molecule has 0 spiro atoms. The van der Waals surface area contributed by atoms with E-state index in [4.69, 9.17) is 33.2 Å². The Hall–Kier alpha value is -2.17. The Bertz CT molecular complexity index is 1120. The first-order chi connectivity index (χ1) is 13.3. The average molecular weight is 412 g/mol. The summed E-state index contributed by atoms with van der Waals surface area (Å²) in [5, 5.41) is 4.03. The minimum absolute atomic E-state index is 0.0679. The molecule has 0 aliphatic heterocycles. The summed E-state index contributed by atoms with van der Waals surface area (Å²) in [7, 11) is 0. The number of aromatic nitrogens is 2. The van der Waals surface area contributed by atoms with Gasteiger partial charge in [0.2, 0.25) is 5.91 Å². The summed E-state index contributed by atoms with van der Waals surface area (Å²) >= 11 is 12.2. The van der Waals surface area contributed by atoms with Crippen molar-refractivity contribution in [1.82, 2.24) is 9.97 Å². The number of para-hydroxylation sites is 2. The number of amides is 1. The van der Waals surface area contributed by atoms with Crippen molar-refractivity contribution in [3.8, 4) is 0 Å². The van der Waals surface area contributed by atoms with Crippen LogP contribution < -0.4 is 5.32 Å². The van der Waals surface area contributed by atoms with Crippen molar-refractivity contribution < 1.29 is 4.79 Å². The van der Waals surface area contributed by atoms with E-state index in [0.717, 1.165) is 35.3 Å². The Morgan fingerprint density at radius 1 is 1.07 bits per heavy atom. The number of anilines is 1. The molecule has 4 nitrogen and oxygen atoms in total. The molecule has 1 heterocycles. The quantitative estimate of drug-likeness (QED) is 0.585. The molecular formula is C22H19Cl2N3O. The molecule has 2 aromatic carbocycles. The lowest BCUT2D eigenvalue weighted by Crippen LogP contribution is -2.46. The van der Waals surface area contributed by atoms with E-state index >= 15 is 0 Å². The minimum Gasteiger partial charge on any atom is -0.325 e. The van der Waals surface area contributed by atoms with Crippen molar-refractivity contribution in [3.05, 3.63) is 63.9 Å². The van der Waals surface area contributed by atoms with Crippen molar-refractivity contribution in [1.29, 1.82) is 0 Å². The minimum atomic E-state index is -0.723. The Morgan fingerprint density at radius 3 is 2.39 bits per heavy atom. The van der Waals surface area contributed by atoms with Crippen LogP contribution in [0, 0.1) is 5.41 Å². The zero-order valence-electron chi connectivity index (χ0n) is 15.6. The third kappa shape index (κ3) is 2.28. The van der Waals surface area contributed by atoms with E-state index in [2.05, 4.69) is 19.2 Å². The van der Waals surface area contributed by atoms with Gasteiger partial charge in [0.1, 0.15) is 0 Å². The van der Waals surface area contributed by atoms with E-state index < -0.39 is 5.41 Å². The first-order valence-electron chi connectivity index (χ1n) is 9.38. The van der Waals surface area contributed by atoms with Gasteiger partial charge in [-0.1, -0.05) is 49.2 Å². The summed E-state index contributed by atoms with van der Waals surface area (Å²) in [5.74, 6) is 0.148. The molecule has 28 heavy (non-hydrogen) atoms. The summed E-state index contributed by atoms with van der Waals surface area (Å²) in [5.41, 5.74) is 3.08. The predicted octanol–water partition coefficient (Wildman–Crippen LogP) is 5.73. The van der Waals surface area contributed by atoms with Gasteiger partial charge >= 0.3 is 0 Å². The monoisotopic (exact) mass is 411 g/mol. The van der Waals surface area contributed by atoms with Gasteiger partial charge in [0.25, 0.3) is 0 Å². The van der Waals surface area contributed by atoms with Crippen LogP contribution in [0.25, 0.3) is 11.0 Å². The van der Waals surface area contributed by atoms with Gasteiger partial charge in [-0.2, -0.15) is 0 Å². The number of benzene rings is 2. The molecule has 6 heteroatoms. The van der Waals surface area contributed by atoms with Crippen LogP contribution in [0.15, 0.2) is 42.5 Å². The predicted molar refractivity (Wildman–Crippen MR) is 112 cm³/mol. The number of hydrogen-bond acceptors (Lipinski definition) is 3. The van der Waals surface area contributed by atoms with E-state index in [1.165, 1.54) is 0 Å². The smallest absolute Gasteiger partial charge is 0.237 e. The number of nitrogens with one attached hydrogen (secondary N) is 1. The summed E-state index contributed by atoms with van der Waals surface area (Å²) in [6.45, 7) is 4.31. The fourth-order valence-electron chi connectivity index (χ4n) is 5.19. The van der Waals surface area contributed by atoms with E-state index in [-0.39, 0.29) is 17.2 Å². The SMILES string of the molecule is CC1(C)C2CCC1(C(=O)Nc1cc(Cl)cc(Cl)c1)c1nc3ccccc3nc12. The standard InChI is InChI=1S/C22H19Cl2N3O/c1-21(2)15-7-8-22(21,20(28)25-14-10-12(23)9-13(24)11-14)19-18(15)26-16-5-3-4-6-17(16)27-19/h3-6,9-11,15H,7-8H2,1-2H3,(H,25,28). The molecule has 2 aliphatic rings. The second-order valence-electron chi connectivity index (χ2n) is 8.28. The molecular weight excluding hydrogens is 393 g/mol. The number of nitrogens with zero attached hydrogens (tertiary/aromatic N) is 2. The number of hydrogen-bond donors (Lipinski definition) is 1. The molecule has 2 unspecified atom stereocenters. The van der Waals surface area contributed by atoms with E-state index in [9.17, 15) is 4.79 Å². The molecule has 1 amide bonds. The highest BCUT2D eigenvalue weighted by atomic mass is 35.5. The van der Waals surface area contributed by atoms with Gasteiger partial charge in [0, 0.05) is 21.7 Å². The normalized spacial score (nSPS) is 24.4. The van der Waals surface area contributed by atoms with Crippen molar-refractivity contribution in [2.75, 3.05) is 5.32 Å². The van der Waals surface area contributed by atoms with E-state index in [0.29, 0.717) is 15.7 Å². The number of fused-ring (bicyclic) bond motifs is 6. The maximum Gasteiger partial charge on any atom is 0.237 e. The number of rotatable bonds is 2. The van der Waals surface area contributed by atoms with Crippen LogP contribution in [0.2, 0.25) is 10.0 Å². The molecule has 1 saturated carbocycles. The Morgan fingerprint density at radius 2 is 1.71 bits per heavy atom. The molecule has 5 rings (SSSR count). The highest BCUT2D eigenvalue weighted by molar-refractivity contribution is 6.35. The lowest BCUT2D eigenvalue weighted by atomic mass is 9.67. The zero-order chi connectivity index (χ0) is 19.7. The molecule has 1 aromatic heterocycles. The molecule has 0 radical (unpaired) electrons. The maximum absolute atomic E-state index is 13.7.